The Morgan fingerprint density at radius 3 is 1.81 bits per heavy atom. The van der Waals surface area contributed by atoms with Crippen LogP contribution in [0, 0.1) is 26.7 Å². The molecule has 2 rings (SSSR count). The van der Waals surface area contributed by atoms with Crippen molar-refractivity contribution >= 4 is 6.08 Å². The van der Waals surface area contributed by atoms with Crippen molar-refractivity contribution in [2.24, 2.45) is 0 Å². The van der Waals surface area contributed by atoms with Gasteiger partial charge in [-0.25, -0.2) is 0 Å². The van der Waals surface area contributed by atoms with Crippen molar-refractivity contribution in [1.82, 2.24) is 0 Å². The Kier molecular flexibility index (Phi) is 9.39. The fourth-order valence-corrected chi connectivity index (χ4v) is 1.97. The molecule has 0 amide bonds. The molecule has 0 heterocycles. The van der Waals surface area contributed by atoms with Crippen LogP contribution in [0.5, 0.6) is 0 Å². The summed E-state index contributed by atoms with van der Waals surface area (Å²) in [5.41, 5.74) is 6.49. The molecule has 0 fully saturated rings. The number of allylic oxidation sites excluding steroid dienone is 1. The molecule has 0 aromatic heterocycles. The Morgan fingerprint density at radius 2 is 1.33 bits per heavy atom. The van der Waals surface area contributed by atoms with Crippen LogP contribution in [0.1, 0.15) is 37.5 Å². The smallest absolute Gasteiger partial charge is 0.0181 e. The van der Waals surface area contributed by atoms with Crippen LogP contribution in [0.4, 0.5) is 0 Å². The summed E-state index contributed by atoms with van der Waals surface area (Å²) in [4.78, 5) is 0. The van der Waals surface area contributed by atoms with Crippen LogP contribution in [0.3, 0.4) is 0 Å². The maximum atomic E-state index is 4.00. The Labute approximate surface area is 130 Å². The van der Waals surface area contributed by atoms with E-state index in [1.54, 1.807) is 0 Å². The molecule has 0 aliphatic heterocycles. The van der Waals surface area contributed by atoms with Crippen molar-refractivity contribution in [2.45, 2.75) is 34.6 Å². The topological polar surface area (TPSA) is 0 Å². The van der Waals surface area contributed by atoms with Gasteiger partial charge in [0.1, 0.15) is 0 Å². The minimum Gasteiger partial charge on any atom is -0.124 e. The minimum absolute atomic E-state index is 1.28. The van der Waals surface area contributed by atoms with Gasteiger partial charge in [0.25, 0.3) is 0 Å². The van der Waals surface area contributed by atoms with Gasteiger partial charge in [-0.3, -0.25) is 0 Å². The Morgan fingerprint density at radius 1 is 0.810 bits per heavy atom. The zero-order valence-corrected chi connectivity index (χ0v) is 13.9. The predicted octanol–water partition coefficient (Wildman–Crippen LogP) is 6.28. The number of rotatable bonds is 2. The minimum atomic E-state index is 1.28. The van der Waals surface area contributed by atoms with Crippen molar-refractivity contribution in [3.8, 4) is 24.0 Å². The summed E-state index contributed by atoms with van der Waals surface area (Å²) in [6, 6.07) is 15.3. The molecular formula is C21H26. The quantitative estimate of drug-likeness (QED) is 0.567. The van der Waals surface area contributed by atoms with Crippen LogP contribution >= 0.6 is 0 Å². The molecular weight excluding hydrogens is 252 g/mol. The van der Waals surface area contributed by atoms with Gasteiger partial charge in [0, 0.05) is 0 Å². The molecule has 0 radical (unpaired) electrons. The fourth-order valence-electron chi connectivity index (χ4n) is 1.97. The number of terminal acetylenes is 1. The molecule has 0 saturated carbocycles. The predicted molar refractivity (Wildman–Crippen MR) is 97.3 cm³/mol. The maximum Gasteiger partial charge on any atom is -0.0181 e. The van der Waals surface area contributed by atoms with E-state index >= 15 is 0 Å². The number of hydrogen-bond donors (Lipinski definition) is 0. The van der Waals surface area contributed by atoms with Gasteiger partial charge in [0.2, 0.25) is 0 Å². The second kappa shape index (κ2) is 10.5. The van der Waals surface area contributed by atoms with Crippen molar-refractivity contribution in [3.05, 3.63) is 65.2 Å². The zero-order chi connectivity index (χ0) is 16.3. The lowest BCUT2D eigenvalue weighted by Gasteiger charge is -2.06. The van der Waals surface area contributed by atoms with Gasteiger partial charge in [-0.2, -0.15) is 0 Å². The third-order valence-corrected chi connectivity index (χ3v) is 3.00. The van der Waals surface area contributed by atoms with E-state index in [-0.39, 0.29) is 0 Å². The molecule has 0 unspecified atom stereocenters. The molecule has 0 aliphatic carbocycles. The lowest BCUT2D eigenvalue weighted by atomic mass is 9.99. The highest BCUT2D eigenvalue weighted by Gasteiger charge is 2.00. The summed E-state index contributed by atoms with van der Waals surface area (Å²) >= 11 is 0. The third-order valence-electron chi connectivity index (χ3n) is 3.00. The highest BCUT2D eigenvalue weighted by Crippen LogP contribution is 2.23. The van der Waals surface area contributed by atoms with Crippen LogP contribution in [0.2, 0.25) is 0 Å². The standard InChI is InChI=1S/C17H18.C2H6.C2H2/c1-4-5-15-10-11-17(12-14(15)3)16-8-6-13(2)7-9-16;2*1-2/h4-12H,1-3H3;1-2H3;1-2H/b5-4-;;. The van der Waals surface area contributed by atoms with Crippen molar-refractivity contribution < 1.29 is 0 Å². The third kappa shape index (κ3) is 5.71. The first-order valence-corrected chi connectivity index (χ1v) is 7.34. The Bertz CT molecular complexity index is 569. The molecule has 2 aromatic rings. The molecule has 0 atom stereocenters. The van der Waals surface area contributed by atoms with Gasteiger partial charge in [0.05, 0.1) is 0 Å². The van der Waals surface area contributed by atoms with E-state index in [9.17, 15) is 0 Å². The first-order valence-electron chi connectivity index (χ1n) is 7.34. The fraction of sp³-hybridized carbons (Fsp3) is 0.238. The van der Waals surface area contributed by atoms with E-state index in [0.717, 1.165) is 0 Å². The van der Waals surface area contributed by atoms with Crippen LogP contribution in [-0.2, 0) is 0 Å². The Hall–Kier alpha value is -2.26. The summed E-state index contributed by atoms with van der Waals surface area (Å²) < 4.78 is 0. The van der Waals surface area contributed by atoms with Gasteiger partial charge in [0.15, 0.2) is 0 Å². The molecule has 21 heavy (non-hydrogen) atoms. The molecule has 110 valence electrons. The number of hydrogen-bond acceptors (Lipinski definition) is 0. The van der Waals surface area contributed by atoms with Gasteiger partial charge in [-0.1, -0.05) is 74.0 Å². The molecule has 0 heteroatoms. The van der Waals surface area contributed by atoms with Crippen LogP contribution in [0.15, 0.2) is 48.5 Å². The second-order valence-corrected chi connectivity index (χ2v) is 4.44. The van der Waals surface area contributed by atoms with Gasteiger partial charge in [-0.15, -0.1) is 12.8 Å². The van der Waals surface area contributed by atoms with Crippen LogP contribution in [-0.4, -0.2) is 0 Å². The average Bonchev–Trinajstić information content (AvgIpc) is 2.54. The van der Waals surface area contributed by atoms with E-state index in [4.69, 9.17) is 0 Å². The van der Waals surface area contributed by atoms with Gasteiger partial charge < -0.3 is 0 Å². The zero-order valence-electron chi connectivity index (χ0n) is 13.9. The van der Waals surface area contributed by atoms with Crippen molar-refractivity contribution in [2.75, 3.05) is 0 Å². The second-order valence-electron chi connectivity index (χ2n) is 4.44. The average molecular weight is 278 g/mol. The first-order chi connectivity index (χ1) is 10.2. The highest BCUT2D eigenvalue weighted by molar-refractivity contribution is 5.67. The van der Waals surface area contributed by atoms with E-state index in [2.05, 4.69) is 81.3 Å². The van der Waals surface area contributed by atoms with E-state index < -0.39 is 0 Å². The SMILES string of the molecule is C#C.C/C=C\c1ccc(-c2ccc(C)cc2)cc1C.CC. The van der Waals surface area contributed by atoms with Gasteiger partial charge in [-0.05, 0) is 43.0 Å². The van der Waals surface area contributed by atoms with E-state index in [0.29, 0.717) is 0 Å². The van der Waals surface area contributed by atoms with E-state index in [1.807, 2.05) is 20.8 Å². The molecule has 0 spiro atoms. The summed E-state index contributed by atoms with van der Waals surface area (Å²) in [5.74, 6) is 0. The van der Waals surface area contributed by atoms with Gasteiger partial charge >= 0.3 is 0 Å². The Balaban J connectivity index is 0.000000921. The monoisotopic (exact) mass is 278 g/mol. The summed E-state index contributed by atoms with van der Waals surface area (Å²) in [7, 11) is 0. The normalized spacial score (nSPS) is 9.29. The molecule has 0 bridgehead atoms. The molecule has 2 aromatic carbocycles. The molecule has 0 saturated heterocycles. The summed E-state index contributed by atoms with van der Waals surface area (Å²) in [6.07, 6.45) is 12.2. The van der Waals surface area contributed by atoms with E-state index in [1.165, 1.54) is 27.8 Å². The highest BCUT2D eigenvalue weighted by atomic mass is 14.0. The molecule has 0 aliphatic rings. The molecule has 0 nitrogen and oxygen atoms in total. The number of benzene rings is 2. The van der Waals surface area contributed by atoms with Crippen molar-refractivity contribution in [3.63, 3.8) is 0 Å². The van der Waals surface area contributed by atoms with Crippen LogP contribution < -0.4 is 0 Å². The maximum absolute atomic E-state index is 4.00. The number of aryl methyl sites for hydroxylation is 2. The lowest BCUT2D eigenvalue weighted by Crippen LogP contribution is -1.84. The largest absolute Gasteiger partial charge is 0.124 e. The van der Waals surface area contributed by atoms with Crippen molar-refractivity contribution in [1.29, 1.82) is 0 Å². The van der Waals surface area contributed by atoms with Crippen LogP contribution in [0.25, 0.3) is 17.2 Å². The lowest BCUT2D eigenvalue weighted by molar-refractivity contribution is 1.42. The summed E-state index contributed by atoms with van der Waals surface area (Å²) in [6.45, 7) is 10.3. The molecule has 0 N–H and O–H groups in total. The summed E-state index contributed by atoms with van der Waals surface area (Å²) in [5, 5.41) is 0. The first kappa shape index (κ1) is 18.7.